The van der Waals surface area contributed by atoms with Crippen molar-refractivity contribution in [1.29, 1.82) is 0 Å². The van der Waals surface area contributed by atoms with Gasteiger partial charge in [0.25, 0.3) is 5.91 Å². The van der Waals surface area contributed by atoms with Crippen molar-refractivity contribution in [3.8, 4) is 0 Å². The summed E-state index contributed by atoms with van der Waals surface area (Å²) in [5.41, 5.74) is 0.967. The van der Waals surface area contributed by atoms with Gasteiger partial charge in [0.2, 0.25) is 5.91 Å². The lowest BCUT2D eigenvalue weighted by molar-refractivity contribution is -0.127. The van der Waals surface area contributed by atoms with Crippen molar-refractivity contribution in [1.82, 2.24) is 19.4 Å². The molecule has 0 spiro atoms. The van der Waals surface area contributed by atoms with Gasteiger partial charge in [-0.2, -0.15) is 0 Å². The second-order valence-corrected chi connectivity index (χ2v) is 7.53. The van der Waals surface area contributed by atoms with E-state index in [0.717, 1.165) is 0 Å². The summed E-state index contributed by atoms with van der Waals surface area (Å²) in [5.74, 6) is 0.251. The quantitative estimate of drug-likeness (QED) is 0.758. The monoisotopic (exact) mass is 417 g/mol. The van der Waals surface area contributed by atoms with E-state index in [1.807, 2.05) is 9.47 Å². The predicted molar refractivity (Wildman–Crippen MR) is 108 cm³/mol. The van der Waals surface area contributed by atoms with Crippen molar-refractivity contribution in [2.24, 2.45) is 0 Å². The first kappa shape index (κ1) is 19.6. The number of anilines is 1. The van der Waals surface area contributed by atoms with Crippen molar-refractivity contribution in [3.05, 3.63) is 59.2 Å². The number of carbonyl (C=O) groups is 2. The number of imidazole rings is 1. The Bertz CT molecular complexity index is 954. The average Bonchev–Trinajstić information content (AvgIpc) is 3.11. The van der Waals surface area contributed by atoms with E-state index >= 15 is 0 Å². The van der Waals surface area contributed by atoms with Crippen LogP contribution in [0, 0.1) is 0 Å². The second kappa shape index (κ2) is 8.34. The first-order chi connectivity index (χ1) is 14.0. The Balaban J connectivity index is 1.36. The molecule has 4 rings (SSSR count). The molecule has 1 aromatic heterocycles. The average molecular weight is 418 g/mol. The molecule has 3 heterocycles. The topological polar surface area (TPSA) is 70.5 Å². The Kier molecular flexibility index (Phi) is 5.64. The molecule has 0 bridgehead atoms. The molecule has 152 valence electrons. The van der Waals surface area contributed by atoms with Crippen molar-refractivity contribution < 1.29 is 14.0 Å². The van der Waals surface area contributed by atoms with Gasteiger partial charge in [0.05, 0.1) is 23.5 Å². The fourth-order valence-corrected chi connectivity index (χ4v) is 3.63. The van der Waals surface area contributed by atoms with Gasteiger partial charge in [-0.25, -0.2) is 9.37 Å². The van der Waals surface area contributed by atoms with E-state index < -0.39 is 6.17 Å². The second-order valence-electron chi connectivity index (χ2n) is 7.12. The van der Waals surface area contributed by atoms with Gasteiger partial charge in [-0.1, -0.05) is 29.8 Å². The van der Waals surface area contributed by atoms with Crippen LogP contribution in [-0.2, 0) is 17.9 Å². The number of carbonyl (C=O) groups excluding carboxylic acids is 2. The summed E-state index contributed by atoms with van der Waals surface area (Å²) in [5, 5.41) is 3.26. The molecule has 1 fully saturated rings. The zero-order valence-electron chi connectivity index (χ0n) is 15.7. The number of benzene rings is 1. The van der Waals surface area contributed by atoms with Gasteiger partial charge in [-0.3, -0.25) is 14.5 Å². The smallest absolute Gasteiger partial charge is 0.273 e. The predicted octanol–water partition coefficient (Wildman–Crippen LogP) is 2.34. The van der Waals surface area contributed by atoms with E-state index in [-0.39, 0.29) is 11.8 Å². The zero-order valence-corrected chi connectivity index (χ0v) is 16.5. The SMILES string of the molecule is O=C(Nc1ccccc1Cl)c1cnc2n1CCN(C(=O)/C=C/CN1CC(F)C1)C2. The van der Waals surface area contributed by atoms with Crippen molar-refractivity contribution in [2.75, 3.05) is 31.5 Å². The molecule has 9 heteroatoms. The maximum Gasteiger partial charge on any atom is 0.273 e. The van der Waals surface area contributed by atoms with E-state index in [0.29, 0.717) is 61.5 Å². The fraction of sp³-hybridized carbons (Fsp3) is 0.350. The Labute approximate surface area is 172 Å². The summed E-state index contributed by atoms with van der Waals surface area (Å²) in [6.07, 6.45) is 4.06. The van der Waals surface area contributed by atoms with Crippen molar-refractivity contribution >= 4 is 29.1 Å². The number of nitrogens with zero attached hydrogens (tertiary/aromatic N) is 4. The minimum Gasteiger partial charge on any atom is -0.330 e. The number of rotatable bonds is 5. The summed E-state index contributed by atoms with van der Waals surface area (Å²) >= 11 is 6.10. The molecule has 1 aromatic carbocycles. The third kappa shape index (κ3) is 4.33. The Morgan fingerprint density at radius 2 is 2.07 bits per heavy atom. The van der Waals surface area contributed by atoms with Crippen molar-refractivity contribution in [3.63, 3.8) is 0 Å². The number of para-hydroxylation sites is 1. The molecule has 0 saturated carbocycles. The van der Waals surface area contributed by atoms with E-state index in [2.05, 4.69) is 10.3 Å². The molecule has 0 unspecified atom stereocenters. The van der Waals surface area contributed by atoms with Crippen LogP contribution in [0.3, 0.4) is 0 Å². The molecule has 0 aliphatic carbocycles. The molecule has 0 radical (unpaired) electrons. The number of alkyl halides is 1. The Hall–Kier alpha value is -2.71. The molecule has 1 N–H and O–H groups in total. The number of halogens is 2. The molecule has 29 heavy (non-hydrogen) atoms. The van der Waals surface area contributed by atoms with Gasteiger partial charge >= 0.3 is 0 Å². The van der Waals surface area contributed by atoms with E-state index in [9.17, 15) is 14.0 Å². The molecule has 1 saturated heterocycles. The first-order valence-electron chi connectivity index (χ1n) is 9.43. The van der Waals surface area contributed by atoms with E-state index in [1.165, 1.54) is 12.3 Å². The van der Waals surface area contributed by atoms with Gasteiger partial charge in [0.1, 0.15) is 17.7 Å². The molecule has 7 nitrogen and oxygen atoms in total. The van der Waals surface area contributed by atoms with Crippen LogP contribution in [-0.4, -0.2) is 63.5 Å². The maximum absolute atomic E-state index is 12.8. The normalized spacial score (nSPS) is 17.2. The summed E-state index contributed by atoms with van der Waals surface area (Å²) in [6.45, 7) is 2.72. The van der Waals surface area contributed by atoms with Crippen molar-refractivity contribution in [2.45, 2.75) is 19.3 Å². The number of fused-ring (bicyclic) bond motifs is 1. The van der Waals surface area contributed by atoms with Gasteiger partial charge in [-0.15, -0.1) is 0 Å². The Morgan fingerprint density at radius 3 is 2.83 bits per heavy atom. The fourth-order valence-electron chi connectivity index (χ4n) is 3.44. The minimum atomic E-state index is -0.746. The number of hydrogen-bond acceptors (Lipinski definition) is 4. The number of likely N-dealkylation sites (tertiary alicyclic amines) is 1. The van der Waals surface area contributed by atoms with Crippen LogP contribution in [0.2, 0.25) is 5.02 Å². The zero-order chi connectivity index (χ0) is 20.4. The van der Waals surface area contributed by atoms with Gasteiger partial charge in [0.15, 0.2) is 0 Å². The van der Waals surface area contributed by atoms with Crippen LogP contribution in [0.25, 0.3) is 0 Å². The number of aromatic nitrogens is 2. The number of hydrogen-bond donors (Lipinski definition) is 1. The van der Waals surface area contributed by atoms with E-state index in [1.54, 1.807) is 35.2 Å². The summed E-state index contributed by atoms with van der Waals surface area (Å²) in [6, 6.07) is 7.02. The van der Waals surface area contributed by atoms with Crippen LogP contribution in [0.1, 0.15) is 16.3 Å². The summed E-state index contributed by atoms with van der Waals surface area (Å²) in [7, 11) is 0. The minimum absolute atomic E-state index is 0.112. The van der Waals surface area contributed by atoms with Crippen LogP contribution in [0.4, 0.5) is 10.1 Å². The highest BCUT2D eigenvalue weighted by atomic mass is 35.5. The lowest BCUT2D eigenvalue weighted by atomic mass is 10.2. The third-order valence-electron chi connectivity index (χ3n) is 5.07. The van der Waals surface area contributed by atoms with Gasteiger partial charge in [0, 0.05) is 38.8 Å². The van der Waals surface area contributed by atoms with Gasteiger partial charge in [-0.05, 0) is 12.1 Å². The summed E-state index contributed by atoms with van der Waals surface area (Å²) < 4.78 is 14.6. The molecular weight excluding hydrogens is 397 g/mol. The third-order valence-corrected chi connectivity index (χ3v) is 5.40. The highest BCUT2D eigenvalue weighted by molar-refractivity contribution is 6.33. The molecule has 0 atom stereocenters. The highest BCUT2D eigenvalue weighted by Crippen LogP contribution is 2.22. The molecule has 2 aliphatic rings. The van der Waals surface area contributed by atoms with Gasteiger partial charge < -0.3 is 14.8 Å². The number of nitrogens with one attached hydrogen (secondary N) is 1. The maximum atomic E-state index is 12.8. The number of amides is 2. The van der Waals surface area contributed by atoms with Crippen LogP contribution >= 0.6 is 11.6 Å². The largest absolute Gasteiger partial charge is 0.330 e. The highest BCUT2D eigenvalue weighted by Gasteiger charge is 2.26. The molecular formula is C20H21ClFN5O2. The van der Waals surface area contributed by atoms with Crippen LogP contribution < -0.4 is 5.32 Å². The summed E-state index contributed by atoms with van der Waals surface area (Å²) in [4.78, 5) is 32.9. The lowest BCUT2D eigenvalue weighted by Crippen LogP contribution is -2.48. The van der Waals surface area contributed by atoms with E-state index in [4.69, 9.17) is 11.6 Å². The Morgan fingerprint density at radius 1 is 1.28 bits per heavy atom. The molecule has 2 amide bonds. The molecule has 2 aliphatic heterocycles. The first-order valence-corrected chi connectivity index (χ1v) is 9.81. The standard InChI is InChI=1S/C20H21ClFN5O2/c21-15-4-1-2-5-16(15)24-20(29)17-10-23-18-13-26(8-9-27(17)18)19(28)6-3-7-25-11-14(22)12-25/h1-6,10,14H,7-9,11-13H2,(H,24,29)/b6-3+. The molecule has 2 aromatic rings. The van der Waals surface area contributed by atoms with Crippen LogP contribution in [0.5, 0.6) is 0 Å². The lowest BCUT2D eigenvalue weighted by Gasteiger charge is -2.33. The van der Waals surface area contributed by atoms with Crippen LogP contribution in [0.15, 0.2) is 42.6 Å².